The van der Waals surface area contributed by atoms with Crippen molar-refractivity contribution in [3.05, 3.63) is 0 Å². The number of carbonyl (C=O) groups is 1. The van der Waals surface area contributed by atoms with E-state index < -0.39 is 0 Å². The average molecular weight is 184 g/mol. The fourth-order valence-electron chi connectivity index (χ4n) is 1.70. The van der Waals surface area contributed by atoms with Crippen molar-refractivity contribution in [2.75, 3.05) is 19.7 Å². The summed E-state index contributed by atoms with van der Waals surface area (Å²) in [5, 5.41) is 6.08. The first kappa shape index (κ1) is 8.97. The molecule has 74 valence electrons. The van der Waals surface area contributed by atoms with Crippen molar-refractivity contribution in [3.8, 4) is 0 Å². The molecule has 2 heterocycles. The Labute approximate surface area is 78.0 Å². The SMILES string of the molecule is CC1CCOC1C(=O)NC1CNC1. The molecule has 0 radical (unpaired) electrons. The van der Waals surface area contributed by atoms with E-state index in [9.17, 15) is 4.79 Å². The van der Waals surface area contributed by atoms with Gasteiger partial charge in [-0.1, -0.05) is 6.92 Å². The summed E-state index contributed by atoms with van der Waals surface area (Å²) in [5.74, 6) is 0.435. The molecule has 2 saturated heterocycles. The molecule has 2 aliphatic rings. The minimum atomic E-state index is -0.208. The van der Waals surface area contributed by atoms with Crippen molar-refractivity contribution in [3.63, 3.8) is 0 Å². The Kier molecular flexibility index (Phi) is 2.51. The van der Waals surface area contributed by atoms with Crippen LogP contribution in [0.3, 0.4) is 0 Å². The predicted octanol–water partition coefficient (Wildman–Crippen LogP) is -0.501. The summed E-state index contributed by atoms with van der Waals surface area (Å²) in [4.78, 5) is 11.6. The maximum Gasteiger partial charge on any atom is 0.249 e. The van der Waals surface area contributed by atoms with Crippen molar-refractivity contribution in [1.82, 2.24) is 10.6 Å². The standard InChI is InChI=1S/C9H16N2O2/c1-6-2-3-13-8(6)9(12)11-7-4-10-5-7/h6-8,10H,2-5H2,1H3,(H,11,12). The van der Waals surface area contributed by atoms with Crippen LogP contribution in [0.2, 0.25) is 0 Å². The van der Waals surface area contributed by atoms with Gasteiger partial charge in [0.05, 0.1) is 6.04 Å². The summed E-state index contributed by atoms with van der Waals surface area (Å²) in [7, 11) is 0. The van der Waals surface area contributed by atoms with E-state index in [2.05, 4.69) is 17.6 Å². The lowest BCUT2D eigenvalue weighted by atomic mass is 10.0. The lowest BCUT2D eigenvalue weighted by Crippen LogP contribution is -2.58. The third-order valence-corrected chi connectivity index (χ3v) is 2.77. The number of hydrogen-bond donors (Lipinski definition) is 2. The fourth-order valence-corrected chi connectivity index (χ4v) is 1.70. The molecule has 0 aliphatic carbocycles. The maximum atomic E-state index is 11.6. The van der Waals surface area contributed by atoms with Crippen LogP contribution in [0.25, 0.3) is 0 Å². The van der Waals surface area contributed by atoms with E-state index in [1.807, 2.05) is 0 Å². The molecule has 2 N–H and O–H groups in total. The highest BCUT2D eigenvalue weighted by Crippen LogP contribution is 2.20. The molecule has 0 spiro atoms. The summed E-state index contributed by atoms with van der Waals surface area (Å²) in [6.45, 7) is 4.58. The number of carbonyl (C=O) groups excluding carboxylic acids is 1. The van der Waals surface area contributed by atoms with Crippen molar-refractivity contribution >= 4 is 5.91 Å². The molecule has 0 aromatic rings. The van der Waals surface area contributed by atoms with Crippen LogP contribution in [0.15, 0.2) is 0 Å². The fraction of sp³-hybridized carbons (Fsp3) is 0.889. The normalized spacial score (nSPS) is 34.2. The van der Waals surface area contributed by atoms with Gasteiger partial charge in [0.25, 0.3) is 0 Å². The first-order valence-electron chi connectivity index (χ1n) is 4.90. The Balaban J connectivity index is 1.81. The van der Waals surface area contributed by atoms with E-state index in [1.165, 1.54) is 0 Å². The van der Waals surface area contributed by atoms with Gasteiger partial charge in [0.1, 0.15) is 6.10 Å². The molecule has 2 unspecified atom stereocenters. The molecular formula is C9H16N2O2. The quantitative estimate of drug-likeness (QED) is 0.608. The van der Waals surface area contributed by atoms with Gasteiger partial charge in [0.2, 0.25) is 5.91 Å². The van der Waals surface area contributed by atoms with Crippen LogP contribution >= 0.6 is 0 Å². The van der Waals surface area contributed by atoms with Crippen LogP contribution in [0.4, 0.5) is 0 Å². The molecule has 13 heavy (non-hydrogen) atoms. The Hall–Kier alpha value is -0.610. The smallest absolute Gasteiger partial charge is 0.249 e. The number of nitrogens with one attached hydrogen (secondary N) is 2. The van der Waals surface area contributed by atoms with Gasteiger partial charge in [0, 0.05) is 19.7 Å². The minimum absolute atomic E-state index is 0.0662. The largest absolute Gasteiger partial charge is 0.368 e. The van der Waals surface area contributed by atoms with E-state index in [0.29, 0.717) is 12.0 Å². The average Bonchev–Trinajstić information content (AvgIpc) is 2.43. The predicted molar refractivity (Wildman–Crippen MR) is 48.3 cm³/mol. The molecule has 0 saturated carbocycles. The number of amides is 1. The summed E-state index contributed by atoms with van der Waals surface area (Å²) >= 11 is 0. The third-order valence-electron chi connectivity index (χ3n) is 2.77. The van der Waals surface area contributed by atoms with E-state index in [0.717, 1.165) is 26.1 Å². The van der Waals surface area contributed by atoms with E-state index in [4.69, 9.17) is 4.74 Å². The van der Waals surface area contributed by atoms with Gasteiger partial charge in [-0.05, 0) is 12.3 Å². The van der Waals surface area contributed by atoms with E-state index in [1.54, 1.807) is 0 Å². The molecule has 2 rings (SSSR count). The van der Waals surface area contributed by atoms with Crippen LogP contribution in [0.5, 0.6) is 0 Å². The van der Waals surface area contributed by atoms with Gasteiger partial charge in [-0.25, -0.2) is 0 Å². The van der Waals surface area contributed by atoms with Crippen LogP contribution in [-0.2, 0) is 9.53 Å². The van der Waals surface area contributed by atoms with Crippen LogP contribution in [0, 0.1) is 5.92 Å². The topological polar surface area (TPSA) is 50.4 Å². The summed E-state index contributed by atoms with van der Waals surface area (Å²) < 4.78 is 5.36. The Morgan fingerprint density at radius 2 is 2.31 bits per heavy atom. The third kappa shape index (κ3) is 1.84. The van der Waals surface area contributed by atoms with Crippen LogP contribution in [-0.4, -0.2) is 37.7 Å². The lowest BCUT2D eigenvalue weighted by molar-refractivity contribution is -0.132. The van der Waals surface area contributed by atoms with Gasteiger partial charge >= 0.3 is 0 Å². The second kappa shape index (κ2) is 3.64. The summed E-state index contributed by atoms with van der Waals surface area (Å²) in [6, 6.07) is 0.323. The molecule has 1 amide bonds. The molecule has 0 aromatic heterocycles. The maximum absolute atomic E-state index is 11.6. The molecule has 0 aromatic carbocycles. The molecule has 4 nitrogen and oxygen atoms in total. The summed E-state index contributed by atoms with van der Waals surface area (Å²) in [6.07, 6.45) is 0.793. The van der Waals surface area contributed by atoms with Gasteiger partial charge in [-0.2, -0.15) is 0 Å². The van der Waals surface area contributed by atoms with Crippen molar-refractivity contribution in [2.24, 2.45) is 5.92 Å². The van der Waals surface area contributed by atoms with E-state index >= 15 is 0 Å². The van der Waals surface area contributed by atoms with E-state index in [-0.39, 0.29) is 12.0 Å². The molecule has 0 bridgehead atoms. The molecular weight excluding hydrogens is 168 g/mol. The zero-order valence-corrected chi connectivity index (χ0v) is 7.88. The zero-order valence-electron chi connectivity index (χ0n) is 7.88. The first-order chi connectivity index (χ1) is 6.27. The Bertz CT molecular complexity index is 204. The lowest BCUT2D eigenvalue weighted by Gasteiger charge is -2.29. The Morgan fingerprint density at radius 3 is 2.77 bits per heavy atom. The molecule has 2 atom stereocenters. The van der Waals surface area contributed by atoms with Crippen molar-refractivity contribution in [2.45, 2.75) is 25.5 Å². The van der Waals surface area contributed by atoms with Gasteiger partial charge in [-0.3, -0.25) is 4.79 Å². The van der Waals surface area contributed by atoms with Gasteiger partial charge in [0.15, 0.2) is 0 Å². The van der Waals surface area contributed by atoms with Crippen molar-refractivity contribution < 1.29 is 9.53 Å². The van der Waals surface area contributed by atoms with Gasteiger partial charge < -0.3 is 15.4 Å². The first-order valence-corrected chi connectivity index (χ1v) is 4.90. The van der Waals surface area contributed by atoms with Crippen molar-refractivity contribution in [1.29, 1.82) is 0 Å². The highest BCUT2D eigenvalue weighted by molar-refractivity contribution is 5.81. The zero-order chi connectivity index (χ0) is 9.26. The monoisotopic (exact) mass is 184 g/mol. The molecule has 2 fully saturated rings. The van der Waals surface area contributed by atoms with Crippen LogP contribution < -0.4 is 10.6 Å². The highest BCUT2D eigenvalue weighted by Gasteiger charge is 2.32. The number of hydrogen-bond acceptors (Lipinski definition) is 3. The molecule has 4 heteroatoms. The minimum Gasteiger partial charge on any atom is -0.368 e. The Morgan fingerprint density at radius 1 is 1.54 bits per heavy atom. The number of rotatable bonds is 2. The second-order valence-electron chi connectivity index (χ2n) is 3.92. The number of ether oxygens (including phenoxy) is 1. The second-order valence-corrected chi connectivity index (χ2v) is 3.92. The summed E-state index contributed by atoms with van der Waals surface area (Å²) in [5.41, 5.74) is 0. The van der Waals surface area contributed by atoms with Gasteiger partial charge in [-0.15, -0.1) is 0 Å². The highest BCUT2D eigenvalue weighted by atomic mass is 16.5. The molecule has 2 aliphatic heterocycles. The van der Waals surface area contributed by atoms with Crippen LogP contribution in [0.1, 0.15) is 13.3 Å².